The van der Waals surface area contributed by atoms with Gasteiger partial charge in [0.25, 0.3) is 10.1 Å². The summed E-state index contributed by atoms with van der Waals surface area (Å²) in [5.74, 6) is 0. The Morgan fingerprint density at radius 1 is 1.23 bits per heavy atom. The Kier molecular flexibility index (Phi) is 4.37. The van der Waals surface area contributed by atoms with E-state index in [0.29, 0.717) is 0 Å². The van der Waals surface area contributed by atoms with E-state index < -0.39 is 10.1 Å². The van der Waals surface area contributed by atoms with Crippen molar-refractivity contribution >= 4 is 33.2 Å². The molecule has 0 radical (unpaired) electrons. The van der Waals surface area contributed by atoms with Gasteiger partial charge in [0, 0.05) is 0 Å². The van der Waals surface area contributed by atoms with Crippen molar-refractivity contribution in [3.8, 4) is 0 Å². The van der Waals surface area contributed by atoms with Gasteiger partial charge in [0.05, 0.1) is 4.90 Å². The summed E-state index contributed by atoms with van der Waals surface area (Å²) < 4.78 is 30.0. The topological polar surface area (TPSA) is 54.4 Å². The van der Waals surface area contributed by atoms with Crippen LogP contribution in [0.25, 0.3) is 0 Å². The van der Waals surface area contributed by atoms with Gasteiger partial charge in [-0.25, -0.2) is 0 Å². The number of hydrogen-bond acceptors (Lipinski definition) is 2. The molecular weight excluding hydrogens is 200 g/mol. The third kappa shape index (κ3) is 3.26. The molecule has 1 aromatic rings. The fourth-order valence-electron chi connectivity index (χ4n) is 0.874. The van der Waals surface area contributed by atoms with E-state index in [-0.39, 0.29) is 30.8 Å². The molecule has 0 saturated carbocycles. The molecule has 1 rings (SSSR count). The Morgan fingerprint density at radius 2 is 1.77 bits per heavy atom. The van der Waals surface area contributed by atoms with Crippen molar-refractivity contribution in [2.75, 3.05) is 0 Å². The SMILES string of the molecule is Cc1ccc(S(=O)(=O)O)cc1C.[H-].[H-].[Mg+2]. The van der Waals surface area contributed by atoms with Crippen LogP contribution >= 0.6 is 0 Å². The summed E-state index contributed by atoms with van der Waals surface area (Å²) in [6, 6.07) is 4.50. The van der Waals surface area contributed by atoms with E-state index in [2.05, 4.69) is 0 Å². The molecule has 3 nitrogen and oxygen atoms in total. The maximum absolute atomic E-state index is 10.7. The molecule has 0 aliphatic rings. The first kappa shape index (κ1) is 12.9. The van der Waals surface area contributed by atoms with E-state index in [4.69, 9.17) is 4.55 Å². The van der Waals surface area contributed by atoms with Crippen LogP contribution < -0.4 is 0 Å². The summed E-state index contributed by atoms with van der Waals surface area (Å²) in [6.07, 6.45) is 0. The quantitative estimate of drug-likeness (QED) is 0.565. The van der Waals surface area contributed by atoms with Crippen LogP contribution in [-0.4, -0.2) is 36.0 Å². The zero-order valence-electron chi connectivity index (χ0n) is 9.61. The Bertz CT molecular complexity index is 406. The molecule has 0 bridgehead atoms. The van der Waals surface area contributed by atoms with Gasteiger partial charge in [-0.15, -0.1) is 0 Å². The minimum Gasteiger partial charge on any atom is -1.00 e. The van der Waals surface area contributed by atoms with E-state index in [1.807, 2.05) is 6.92 Å². The van der Waals surface area contributed by atoms with Crippen LogP contribution in [0.1, 0.15) is 14.0 Å². The molecule has 0 unspecified atom stereocenters. The van der Waals surface area contributed by atoms with E-state index in [9.17, 15) is 8.42 Å². The summed E-state index contributed by atoms with van der Waals surface area (Å²) >= 11 is 0. The predicted molar refractivity (Wildman–Crippen MR) is 53.7 cm³/mol. The average molecular weight is 213 g/mol. The van der Waals surface area contributed by atoms with Crippen LogP contribution in [0.5, 0.6) is 0 Å². The van der Waals surface area contributed by atoms with E-state index in [0.717, 1.165) is 11.1 Å². The Labute approximate surface area is 97.0 Å². The van der Waals surface area contributed by atoms with Crippen LogP contribution in [0, 0.1) is 13.8 Å². The summed E-state index contributed by atoms with van der Waals surface area (Å²) in [5.41, 5.74) is 1.85. The molecule has 1 aromatic carbocycles. The smallest absolute Gasteiger partial charge is 1.00 e. The van der Waals surface area contributed by atoms with Gasteiger partial charge in [0.2, 0.25) is 0 Å². The maximum atomic E-state index is 10.7. The maximum Gasteiger partial charge on any atom is 2.00 e. The van der Waals surface area contributed by atoms with Gasteiger partial charge in [-0.1, -0.05) is 6.07 Å². The molecule has 5 heteroatoms. The third-order valence-electron chi connectivity index (χ3n) is 1.78. The summed E-state index contributed by atoms with van der Waals surface area (Å²) in [7, 11) is -4.04. The molecule has 0 amide bonds. The fraction of sp³-hybridized carbons (Fsp3) is 0.250. The number of aryl methyl sites for hydroxylation is 2. The molecule has 70 valence electrons. The van der Waals surface area contributed by atoms with Crippen molar-refractivity contribution in [2.45, 2.75) is 18.7 Å². The molecule has 13 heavy (non-hydrogen) atoms. The van der Waals surface area contributed by atoms with Gasteiger partial charge in [-0.3, -0.25) is 4.55 Å². The number of rotatable bonds is 1. The Balaban J connectivity index is -0.000000480. The second-order valence-electron chi connectivity index (χ2n) is 2.72. The van der Waals surface area contributed by atoms with Crippen molar-refractivity contribution in [3.63, 3.8) is 0 Å². The second-order valence-corrected chi connectivity index (χ2v) is 4.14. The minimum absolute atomic E-state index is 0. The average Bonchev–Trinajstić information content (AvgIpc) is 1.92. The molecule has 0 spiro atoms. The fourth-order valence-corrected chi connectivity index (χ4v) is 1.44. The van der Waals surface area contributed by atoms with Crippen LogP contribution in [0.4, 0.5) is 0 Å². The molecule has 0 fully saturated rings. The molecule has 0 saturated heterocycles. The second kappa shape index (κ2) is 4.41. The zero-order valence-corrected chi connectivity index (χ0v) is 9.84. The van der Waals surface area contributed by atoms with Crippen molar-refractivity contribution in [2.24, 2.45) is 0 Å². The van der Waals surface area contributed by atoms with Gasteiger partial charge >= 0.3 is 23.1 Å². The van der Waals surface area contributed by atoms with E-state index in [1.165, 1.54) is 12.1 Å². The number of benzene rings is 1. The van der Waals surface area contributed by atoms with Gasteiger partial charge in [-0.2, -0.15) is 8.42 Å². The first-order valence-electron chi connectivity index (χ1n) is 3.46. The molecule has 1 N–H and O–H groups in total. The standard InChI is InChI=1S/C8H10O3S.Mg.2H/c1-6-3-4-8(5-7(6)2)12(9,10)11;;;/h3-5H,1-2H3,(H,9,10,11);;;/q;+2;2*-1. The predicted octanol–water partition coefficient (Wildman–Crippen LogP) is 1.39. The molecule has 0 aromatic heterocycles. The van der Waals surface area contributed by atoms with Crippen molar-refractivity contribution in [3.05, 3.63) is 29.3 Å². The van der Waals surface area contributed by atoms with Gasteiger partial charge < -0.3 is 2.85 Å². The normalized spacial score (nSPS) is 10.7. The van der Waals surface area contributed by atoms with Crippen molar-refractivity contribution < 1.29 is 15.8 Å². The van der Waals surface area contributed by atoms with Crippen molar-refractivity contribution in [1.29, 1.82) is 0 Å². The molecule has 0 aliphatic carbocycles. The first-order valence-corrected chi connectivity index (χ1v) is 4.90. The van der Waals surface area contributed by atoms with Crippen molar-refractivity contribution in [1.82, 2.24) is 0 Å². The molecule has 0 aliphatic heterocycles. The largest absolute Gasteiger partial charge is 2.00 e. The van der Waals surface area contributed by atoms with E-state index >= 15 is 0 Å². The van der Waals surface area contributed by atoms with Crippen LogP contribution in [0.3, 0.4) is 0 Å². The first-order chi connectivity index (χ1) is 5.41. The Hall–Kier alpha value is -0.104. The minimum atomic E-state index is -4.04. The van der Waals surface area contributed by atoms with E-state index in [1.54, 1.807) is 13.0 Å². The molecular formula is C8H12MgO3S. The van der Waals surface area contributed by atoms with Crippen LogP contribution in [-0.2, 0) is 10.1 Å². The zero-order chi connectivity index (χ0) is 9.35. The summed E-state index contributed by atoms with van der Waals surface area (Å²) in [4.78, 5) is -0.0504. The monoisotopic (exact) mass is 212 g/mol. The summed E-state index contributed by atoms with van der Waals surface area (Å²) in [5, 5.41) is 0. The van der Waals surface area contributed by atoms with Gasteiger partial charge in [-0.05, 0) is 37.1 Å². The molecule has 0 atom stereocenters. The number of hydrogen-bond donors (Lipinski definition) is 1. The molecule has 0 heterocycles. The third-order valence-corrected chi connectivity index (χ3v) is 2.63. The van der Waals surface area contributed by atoms with Crippen LogP contribution in [0.2, 0.25) is 0 Å². The summed E-state index contributed by atoms with van der Waals surface area (Å²) in [6.45, 7) is 3.67. The van der Waals surface area contributed by atoms with Crippen LogP contribution in [0.15, 0.2) is 23.1 Å². The van der Waals surface area contributed by atoms with Gasteiger partial charge in [0.15, 0.2) is 0 Å². The Morgan fingerprint density at radius 3 is 2.15 bits per heavy atom. The van der Waals surface area contributed by atoms with Gasteiger partial charge in [0.1, 0.15) is 0 Å².